The van der Waals surface area contributed by atoms with Crippen LogP contribution in [0.2, 0.25) is 0 Å². The fourth-order valence-electron chi connectivity index (χ4n) is 13.4. The first-order valence-corrected chi connectivity index (χ1v) is 34.0. The highest BCUT2D eigenvalue weighted by molar-refractivity contribution is 7.81. The molecule has 0 aromatic rings. The van der Waals surface area contributed by atoms with E-state index in [4.69, 9.17) is 90.0 Å². The minimum absolute atomic E-state index is 0.179. The van der Waals surface area contributed by atoms with Gasteiger partial charge in [-0.1, -0.05) is 0 Å². The Balaban J connectivity index is 0.706. The summed E-state index contributed by atoms with van der Waals surface area (Å²) in [5, 5.41) is 167. The van der Waals surface area contributed by atoms with Gasteiger partial charge in [-0.05, 0) is 0 Å². The van der Waals surface area contributed by atoms with Crippen LogP contribution in [0.1, 0.15) is 0 Å². The van der Waals surface area contributed by atoms with E-state index < -0.39 is 316 Å². The van der Waals surface area contributed by atoms with E-state index in [1.165, 1.54) is 0 Å². The molecular weight excluding hydrogens is 1410 g/mol. The molecule has 49 heteroatoms. The zero-order valence-corrected chi connectivity index (χ0v) is 51.9. The van der Waals surface area contributed by atoms with Crippen molar-refractivity contribution in [3.8, 4) is 0 Å². The molecule has 0 radical (unpaired) electrons. The highest BCUT2D eigenvalue weighted by atomic mass is 32.3. The monoisotopic (exact) mass is 1480 g/mol. The minimum Gasteiger partial charge on any atom is -0.394 e. The van der Waals surface area contributed by atoms with Crippen LogP contribution in [0.5, 0.6) is 0 Å². The largest absolute Gasteiger partial charge is 0.397 e. The fourth-order valence-corrected chi connectivity index (χ4v) is 14.3. The summed E-state index contributed by atoms with van der Waals surface area (Å²) in [7, 11) is -15.8. The van der Waals surface area contributed by atoms with Gasteiger partial charge in [-0.15, -0.1) is 0 Å². The van der Waals surface area contributed by atoms with Crippen LogP contribution in [-0.2, 0) is 134 Å². The van der Waals surface area contributed by atoms with E-state index in [0.717, 1.165) is 0 Å². The average molecular weight is 1480 g/mol. The summed E-state index contributed by atoms with van der Waals surface area (Å²) in [4.78, 5) is 0. The molecule has 0 saturated carbocycles. The highest BCUT2D eigenvalue weighted by Gasteiger charge is 2.63. The Morgan fingerprint density at radius 3 is 0.856 bits per heavy atom. The molecule has 12 aliphatic rings. The summed E-state index contributed by atoms with van der Waals surface area (Å²) in [5.74, 6) is 0. The third kappa shape index (κ3) is 15.7. The Bertz CT molecular complexity index is 3000. The van der Waals surface area contributed by atoms with Gasteiger partial charge in [0.2, 0.25) is 0 Å². The normalized spacial score (nSPS) is 52.4. The molecule has 0 spiro atoms. The Labute approximate surface area is 546 Å². The van der Waals surface area contributed by atoms with Crippen molar-refractivity contribution in [3.05, 3.63) is 0 Å². The predicted molar refractivity (Wildman–Crippen MR) is 282 cm³/mol. The molecule has 12 fully saturated rings. The molecule has 560 valence electrons. The van der Waals surface area contributed by atoms with Gasteiger partial charge in [0.15, 0.2) is 50.3 Å². The van der Waals surface area contributed by atoms with Gasteiger partial charge < -0.3 is 167 Å². The van der Waals surface area contributed by atoms with Gasteiger partial charge in [0, 0.05) is 0 Å². The maximum Gasteiger partial charge on any atom is 0.397 e. The molecule has 46 nitrogen and oxygen atoms in total. The molecule has 18 N–H and O–H groups in total. The van der Waals surface area contributed by atoms with Crippen molar-refractivity contribution in [1.82, 2.24) is 0 Å². The summed E-state index contributed by atoms with van der Waals surface area (Å²) in [6.45, 7) is -5.82. The van der Waals surface area contributed by atoms with Gasteiger partial charge in [-0.3, -0.25) is 13.7 Å². The van der Waals surface area contributed by atoms with Crippen LogP contribution in [0.4, 0.5) is 0 Å². The number of aliphatic hydroxyl groups is 15. The summed E-state index contributed by atoms with van der Waals surface area (Å²) in [6.07, 6.45) is -71.2. The van der Waals surface area contributed by atoms with Crippen LogP contribution in [0, 0.1) is 0 Å². The molecule has 97 heavy (non-hydrogen) atoms. The van der Waals surface area contributed by atoms with Crippen molar-refractivity contribution >= 4 is 31.2 Å². The molecule has 0 aliphatic carbocycles. The smallest absolute Gasteiger partial charge is 0.394 e. The zero-order valence-electron chi connectivity index (χ0n) is 49.5. The van der Waals surface area contributed by atoms with Crippen molar-refractivity contribution in [2.45, 2.75) is 246 Å². The molecule has 40 atom stereocenters. The Hall–Kier alpha value is -1.75. The maximum absolute atomic E-state index is 11.9. The van der Waals surface area contributed by atoms with Crippen LogP contribution in [-0.4, -0.2) is 414 Å². The lowest BCUT2D eigenvalue weighted by molar-refractivity contribution is -0.383. The summed E-state index contributed by atoms with van der Waals surface area (Å²) in [5.41, 5.74) is 0. The number of hydrogen-bond donors (Lipinski definition) is 18. The number of aliphatic hydroxyl groups excluding tert-OH is 15. The fraction of sp³-hybridized carbons (Fsp3) is 1.00. The first kappa shape index (κ1) is 74.9. The van der Waals surface area contributed by atoms with Gasteiger partial charge >= 0.3 is 31.2 Å². The quantitative estimate of drug-likeness (QED) is 0.0399. The van der Waals surface area contributed by atoms with Gasteiger partial charge in [0.25, 0.3) is 0 Å². The summed E-state index contributed by atoms with van der Waals surface area (Å²) >= 11 is 0. The molecule has 8 bridgehead atoms. The van der Waals surface area contributed by atoms with Crippen LogP contribution >= 0.6 is 0 Å². The number of ether oxygens (including phenoxy) is 19. The second-order valence-electron chi connectivity index (χ2n) is 24.5. The molecule has 12 heterocycles. The van der Waals surface area contributed by atoms with Crippen molar-refractivity contribution in [3.63, 3.8) is 0 Å². The van der Waals surface area contributed by atoms with E-state index >= 15 is 0 Å². The average Bonchev–Trinajstić information content (AvgIpc) is 1.73. The third-order valence-corrected chi connectivity index (χ3v) is 19.5. The van der Waals surface area contributed by atoms with Gasteiger partial charge in [0.1, 0.15) is 195 Å². The minimum atomic E-state index is -5.30. The molecular formula is C48H74O46S3. The number of rotatable bonds is 24. The highest BCUT2D eigenvalue weighted by Crippen LogP contribution is 2.43. The summed E-state index contributed by atoms with van der Waals surface area (Å²) in [6, 6.07) is 0. The number of hydrogen-bond acceptors (Lipinski definition) is 43. The first-order valence-electron chi connectivity index (χ1n) is 29.9. The van der Waals surface area contributed by atoms with Crippen molar-refractivity contribution in [1.29, 1.82) is 0 Å². The molecule has 0 aromatic carbocycles. The molecule has 12 saturated heterocycles. The lowest BCUT2D eigenvalue weighted by Gasteiger charge is -2.48. The van der Waals surface area contributed by atoms with E-state index in [-0.39, 0.29) is 13.2 Å². The SMILES string of the molecule is O=S(=O)(O)OC[C@H]1O[C@@H](O[C@H]2[C@H]3OC[C@@H]2O[C@@H](O[C@H]2[C@@H](O)[C@@H](COS(=O)(=O)O)O[C@@H](O[C@H]4[C@H]5OC[C@@H]4O[C@@H](O[C@H]4[C@@H](O)[C@@H](COS(=O)(=O)O)O[C@@H](O[C@H]6[C@H]7OC[C@@H]6O[C@@H](O[C@@H]6[C@@H](O)[C@H](O)O[C@H](CO)[C@@H]6O)[C@H]7O)[C@@H]4O)[C@H]5O)[C@@H]2O)[C@H]3O)[C@H](O)[C@@H](O[C@@H]2O[C@H]3CO[C@@H]([C@@H]2O)[C@@H]3O)[C@H]1O. The van der Waals surface area contributed by atoms with E-state index in [9.17, 15) is 116 Å². The Morgan fingerprint density at radius 1 is 0.278 bits per heavy atom. The predicted octanol–water partition coefficient (Wildman–Crippen LogP) is -14.8. The van der Waals surface area contributed by atoms with E-state index in [1.54, 1.807) is 0 Å². The molecule has 12 aliphatic heterocycles. The van der Waals surface area contributed by atoms with E-state index in [1.807, 2.05) is 0 Å². The first-order chi connectivity index (χ1) is 45.7. The van der Waals surface area contributed by atoms with Crippen molar-refractivity contribution in [2.75, 3.05) is 52.9 Å². The topological polar surface area (TPSA) is 670 Å². The molecule has 0 aromatic heterocycles. The molecule has 0 amide bonds. The van der Waals surface area contributed by atoms with Crippen LogP contribution in [0.3, 0.4) is 0 Å². The lowest BCUT2D eigenvalue weighted by Crippen LogP contribution is -2.67. The number of fused-ring (bicyclic) bond motifs is 8. The molecule has 0 unspecified atom stereocenters. The van der Waals surface area contributed by atoms with E-state index in [0.29, 0.717) is 0 Å². The van der Waals surface area contributed by atoms with E-state index in [2.05, 4.69) is 12.5 Å². The molecule has 12 rings (SSSR count). The second kappa shape index (κ2) is 29.7. The Kier molecular flexibility index (Phi) is 22.9. The van der Waals surface area contributed by atoms with Gasteiger partial charge in [0.05, 0.1) is 52.9 Å². The standard InChI is InChI=1S/C48H74O46S3/c49-1-9-17(50)34(22(55)41(63)80-9)91-46-27(60)38-30(14(85-46)3-74-38)88-44-25(58)36(20(53)12(83-44)7-78-96(67,68)69)93-48-29(62)40-32(16(87-48)5-76-40)90-45-26(59)37(21(54)13(84-45)8-79-97(70,71)72)94-47-28(61)39-31(15(86-47)4-75-39)89-43-24(57)35(19(52)11(82-43)6-77-95(64,65)66)92-42-23(56)33-18(51)10(81-42)2-73-33/h9-63H,1-8H2,(H,64,65,66)(H,67,68,69)(H,70,71,72)/t9-,10+,11-,12-,13-,14+,15+,16+,17+,18-,19+,20+,21+,22-,23+,24-,25-,26-,27+,28+,29+,30-,31-,32-,33-,34+,35+,36+,37+,38+,39+,40+,41-,42+,43+,44+,45+,46+,47+,48+/m1/s1. The van der Waals surface area contributed by atoms with Gasteiger partial charge in [-0.2, -0.15) is 25.3 Å². The van der Waals surface area contributed by atoms with Crippen molar-refractivity contribution in [2.24, 2.45) is 0 Å². The van der Waals surface area contributed by atoms with Crippen LogP contribution in [0.25, 0.3) is 0 Å². The Morgan fingerprint density at radius 2 is 0.536 bits per heavy atom. The van der Waals surface area contributed by atoms with Crippen LogP contribution < -0.4 is 0 Å². The van der Waals surface area contributed by atoms with Crippen LogP contribution in [0.15, 0.2) is 0 Å². The maximum atomic E-state index is 11.9. The lowest BCUT2D eigenvalue weighted by atomic mass is 9.96. The second-order valence-corrected chi connectivity index (χ2v) is 27.7. The summed E-state index contributed by atoms with van der Waals surface area (Å²) < 4.78 is 221. The van der Waals surface area contributed by atoms with Crippen molar-refractivity contribution < 1.29 is 218 Å². The third-order valence-electron chi connectivity index (χ3n) is 18.2. The van der Waals surface area contributed by atoms with Gasteiger partial charge in [-0.25, -0.2) is 12.5 Å². The zero-order chi connectivity index (χ0) is 69.8.